The summed E-state index contributed by atoms with van der Waals surface area (Å²) in [6, 6.07) is 5.43. The minimum atomic E-state index is -0.518. The van der Waals surface area contributed by atoms with Crippen molar-refractivity contribution in [3.05, 3.63) is 55.8 Å². The molecule has 26 heavy (non-hydrogen) atoms. The number of nitro groups is 1. The van der Waals surface area contributed by atoms with E-state index in [1.54, 1.807) is 16.7 Å². The second-order valence-corrected chi connectivity index (χ2v) is 7.29. The van der Waals surface area contributed by atoms with Gasteiger partial charge in [-0.2, -0.15) is 0 Å². The summed E-state index contributed by atoms with van der Waals surface area (Å²) in [5, 5.41) is 15.0. The van der Waals surface area contributed by atoms with Gasteiger partial charge in [0.15, 0.2) is 6.61 Å². The van der Waals surface area contributed by atoms with Crippen LogP contribution in [0, 0.1) is 16.0 Å². The second kappa shape index (κ2) is 7.65. The Kier molecular flexibility index (Phi) is 5.32. The number of thiophene rings is 1. The summed E-state index contributed by atoms with van der Waals surface area (Å²) in [7, 11) is 0. The molecule has 0 spiro atoms. The molecule has 136 valence electrons. The summed E-state index contributed by atoms with van der Waals surface area (Å²) in [4.78, 5) is 35.5. The van der Waals surface area contributed by atoms with Gasteiger partial charge in [0.2, 0.25) is 0 Å². The number of nitrogens with one attached hydrogen (secondary N) is 1. The first-order valence-electron chi connectivity index (χ1n) is 8.24. The van der Waals surface area contributed by atoms with E-state index in [1.165, 1.54) is 29.1 Å². The first-order chi connectivity index (χ1) is 12.4. The van der Waals surface area contributed by atoms with Crippen molar-refractivity contribution in [2.24, 2.45) is 5.92 Å². The van der Waals surface area contributed by atoms with Gasteiger partial charge in [0.05, 0.1) is 10.5 Å². The predicted molar refractivity (Wildman–Crippen MR) is 97.5 cm³/mol. The first-order valence-corrected chi connectivity index (χ1v) is 9.12. The molecular weight excluding hydrogens is 356 g/mol. The number of anilines is 1. The highest BCUT2D eigenvalue weighted by Gasteiger charge is 2.24. The van der Waals surface area contributed by atoms with E-state index in [0.717, 1.165) is 24.8 Å². The molecule has 1 N–H and O–H groups in total. The molecule has 1 atom stereocenters. The van der Waals surface area contributed by atoms with Crippen LogP contribution in [0.15, 0.2) is 29.6 Å². The maximum atomic E-state index is 12.3. The molecule has 7 nitrogen and oxygen atoms in total. The van der Waals surface area contributed by atoms with Crippen LogP contribution < -0.4 is 5.32 Å². The van der Waals surface area contributed by atoms with Gasteiger partial charge in [0, 0.05) is 28.1 Å². The lowest BCUT2D eigenvalue weighted by atomic mass is 9.88. The second-order valence-electron chi connectivity index (χ2n) is 6.33. The lowest BCUT2D eigenvalue weighted by molar-refractivity contribution is -0.384. The van der Waals surface area contributed by atoms with Crippen LogP contribution in [0.5, 0.6) is 0 Å². The maximum Gasteiger partial charge on any atom is 0.339 e. The van der Waals surface area contributed by atoms with Crippen molar-refractivity contribution in [1.29, 1.82) is 0 Å². The number of esters is 1. The van der Waals surface area contributed by atoms with Crippen LogP contribution in [0.2, 0.25) is 0 Å². The molecule has 0 bridgehead atoms. The van der Waals surface area contributed by atoms with Gasteiger partial charge < -0.3 is 10.1 Å². The highest BCUT2D eigenvalue weighted by molar-refractivity contribution is 7.10. The van der Waals surface area contributed by atoms with Crippen LogP contribution in [0.25, 0.3) is 0 Å². The smallest absolute Gasteiger partial charge is 0.339 e. The molecule has 1 aliphatic carbocycles. The molecule has 0 saturated heterocycles. The normalized spacial score (nSPS) is 15.8. The Labute approximate surface area is 154 Å². The van der Waals surface area contributed by atoms with Crippen molar-refractivity contribution in [1.82, 2.24) is 0 Å². The van der Waals surface area contributed by atoms with Gasteiger partial charge in [-0.25, -0.2) is 4.79 Å². The van der Waals surface area contributed by atoms with Gasteiger partial charge in [-0.1, -0.05) is 6.92 Å². The molecule has 1 unspecified atom stereocenters. The summed E-state index contributed by atoms with van der Waals surface area (Å²) in [5.41, 5.74) is 1.94. The number of non-ortho nitro benzene ring substituents is 1. The Balaban J connectivity index is 1.54. The van der Waals surface area contributed by atoms with E-state index in [2.05, 4.69) is 12.2 Å². The average molecular weight is 374 g/mol. The predicted octanol–water partition coefficient (Wildman–Crippen LogP) is 3.58. The molecule has 1 amide bonds. The lowest BCUT2D eigenvalue weighted by Crippen LogP contribution is -2.21. The molecule has 0 aliphatic heterocycles. The molecule has 1 aromatic heterocycles. The van der Waals surface area contributed by atoms with Gasteiger partial charge in [-0.3, -0.25) is 14.9 Å². The summed E-state index contributed by atoms with van der Waals surface area (Å²) in [6.07, 6.45) is 2.89. The number of hydrogen-bond acceptors (Lipinski definition) is 6. The van der Waals surface area contributed by atoms with Gasteiger partial charge >= 0.3 is 5.97 Å². The monoisotopic (exact) mass is 374 g/mol. The number of amides is 1. The molecule has 0 radical (unpaired) electrons. The van der Waals surface area contributed by atoms with Gasteiger partial charge in [0.25, 0.3) is 11.6 Å². The van der Waals surface area contributed by atoms with E-state index in [9.17, 15) is 19.7 Å². The quantitative estimate of drug-likeness (QED) is 0.490. The first kappa shape index (κ1) is 18.1. The van der Waals surface area contributed by atoms with Crippen LogP contribution >= 0.6 is 11.3 Å². The zero-order valence-corrected chi connectivity index (χ0v) is 15.0. The van der Waals surface area contributed by atoms with Crippen LogP contribution in [0.3, 0.4) is 0 Å². The van der Waals surface area contributed by atoms with Crippen LogP contribution in [-0.2, 0) is 22.4 Å². The largest absolute Gasteiger partial charge is 0.452 e. The number of carbonyl (C=O) groups is 2. The van der Waals surface area contributed by atoms with E-state index < -0.39 is 23.4 Å². The number of ether oxygens (including phenoxy) is 1. The molecule has 0 saturated carbocycles. The van der Waals surface area contributed by atoms with E-state index in [-0.39, 0.29) is 5.69 Å². The van der Waals surface area contributed by atoms with Crippen molar-refractivity contribution in [2.45, 2.75) is 26.2 Å². The highest BCUT2D eigenvalue weighted by Crippen LogP contribution is 2.33. The number of carbonyl (C=O) groups excluding carboxylic acids is 2. The van der Waals surface area contributed by atoms with E-state index in [4.69, 9.17) is 4.74 Å². The van der Waals surface area contributed by atoms with E-state index >= 15 is 0 Å². The Morgan fingerprint density at radius 3 is 2.77 bits per heavy atom. The summed E-state index contributed by atoms with van der Waals surface area (Å²) in [5.74, 6) is -0.363. The van der Waals surface area contributed by atoms with E-state index in [1.807, 2.05) is 0 Å². The van der Waals surface area contributed by atoms with Crippen LogP contribution in [-0.4, -0.2) is 23.4 Å². The number of nitrogens with zero attached hydrogens (tertiary/aromatic N) is 1. The third kappa shape index (κ3) is 4.08. The minimum absolute atomic E-state index is 0.0639. The topological polar surface area (TPSA) is 98.5 Å². The number of fused-ring (bicyclic) bond motifs is 1. The molecule has 8 heteroatoms. The van der Waals surface area contributed by atoms with Crippen LogP contribution in [0.1, 0.15) is 34.1 Å². The number of hydrogen-bond donors (Lipinski definition) is 1. The zero-order valence-electron chi connectivity index (χ0n) is 14.2. The Bertz CT molecular complexity index is 844. The lowest BCUT2D eigenvalue weighted by Gasteiger charge is -2.18. The van der Waals surface area contributed by atoms with Crippen molar-refractivity contribution < 1.29 is 19.2 Å². The zero-order chi connectivity index (χ0) is 18.7. The molecule has 1 heterocycles. The molecule has 3 rings (SSSR count). The fourth-order valence-electron chi connectivity index (χ4n) is 2.92. The Morgan fingerprint density at radius 1 is 1.35 bits per heavy atom. The van der Waals surface area contributed by atoms with E-state index in [0.29, 0.717) is 17.2 Å². The molecular formula is C18H18N2O5S. The van der Waals surface area contributed by atoms with Gasteiger partial charge in [-0.15, -0.1) is 11.3 Å². The summed E-state index contributed by atoms with van der Waals surface area (Å²) >= 11 is 1.57. The Morgan fingerprint density at radius 2 is 2.08 bits per heavy atom. The third-order valence-corrected chi connectivity index (χ3v) is 5.37. The van der Waals surface area contributed by atoms with Crippen LogP contribution in [0.4, 0.5) is 11.4 Å². The van der Waals surface area contributed by atoms with Gasteiger partial charge in [0.1, 0.15) is 0 Å². The fourth-order valence-corrected chi connectivity index (χ4v) is 4.15. The van der Waals surface area contributed by atoms with Crippen molar-refractivity contribution in [3.63, 3.8) is 0 Å². The van der Waals surface area contributed by atoms with Crippen molar-refractivity contribution in [3.8, 4) is 0 Å². The molecule has 2 aromatic rings. The molecule has 1 aliphatic rings. The third-order valence-electron chi connectivity index (χ3n) is 4.32. The number of benzene rings is 1. The highest BCUT2D eigenvalue weighted by atomic mass is 32.1. The standard InChI is InChI=1S/C18H18N2O5S/c1-11-2-7-14-15(10-26-16(14)8-11)18(22)25-9-17(21)19-12-3-5-13(6-4-12)20(23)24/h3-6,10-11H,2,7-9H2,1H3,(H,19,21). The van der Waals surface area contributed by atoms with Gasteiger partial charge in [-0.05, 0) is 42.9 Å². The van der Waals surface area contributed by atoms with Crippen molar-refractivity contribution >= 4 is 34.6 Å². The Hall–Kier alpha value is -2.74. The average Bonchev–Trinajstić information content (AvgIpc) is 3.03. The summed E-state index contributed by atoms with van der Waals surface area (Å²) < 4.78 is 5.12. The fraction of sp³-hybridized carbons (Fsp3) is 0.333. The SMILES string of the molecule is CC1CCc2c(C(=O)OCC(=O)Nc3ccc([N+](=O)[O-])cc3)csc2C1. The minimum Gasteiger partial charge on any atom is -0.452 e. The molecule has 1 aromatic carbocycles. The maximum absolute atomic E-state index is 12.3. The van der Waals surface area contributed by atoms with Crippen molar-refractivity contribution in [2.75, 3.05) is 11.9 Å². The number of rotatable bonds is 5. The summed E-state index contributed by atoms with van der Waals surface area (Å²) in [6.45, 7) is 1.79. The number of nitro benzene ring substituents is 1. The molecule has 0 fully saturated rings.